The number of benzene rings is 1. The molecule has 22 heavy (non-hydrogen) atoms. The summed E-state index contributed by atoms with van der Waals surface area (Å²) in [5.74, 6) is 1.38. The predicted molar refractivity (Wildman–Crippen MR) is 87.4 cm³/mol. The summed E-state index contributed by atoms with van der Waals surface area (Å²) >= 11 is 0. The van der Waals surface area contributed by atoms with E-state index < -0.39 is 0 Å². The average Bonchev–Trinajstić information content (AvgIpc) is 2.48. The van der Waals surface area contributed by atoms with Gasteiger partial charge in [-0.05, 0) is 32.4 Å². The Hall–Kier alpha value is -2.49. The normalized spacial score (nSPS) is 15.8. The Kier molecular flexibility index (Phi) is 3.75. The van der Waals surface area contributed by atoms with Crippen molar-refractivity contribution < 1.29 is 9.15 Å². The molecule has 3 rings (SSSR count). The third-order valence-corrected chi connectivity index (χ3v) is 3.86. The molecule has 0 saturated heterocycles. The molecule has 0 saturated carbocycles. The van der Waals surface area contributed by atoms with Gasteiger partial charge >= 0.3 is 5.63 Å². The summed E-state index contributed by atoms with van der Waals surface area (Å²) in [5, 5.41) is 0. The third kappa shape index (κ3) is 2.77. The summed E-state index contributed by atoms with van der Waals surface area (Å²) in [6.45, 7) is 4.66. The maximum atomic E-state index is 12.2. The van der Waals surface area contributed by atoms with E-state index in [1.54, 1.807) is 13.2 Å². The fourth-order valence-electron chi connectivity index (χ4n) is 2.60. The van der Waals surface area contributed by atoms with Crippen LogP contribution in [-0.4, -0.2) is 13.6 Å². The van der Waals surface area contributed by atoms with Crippen LogP contribution in [0.3, 0.4) is 0 Å². The molecule has 4 nitrogen and oxygen atoms in total. The van der Waals surface area contributed by atoms with E-state index in [0.717, 1.165) is 30.0 Å². The molecule has 114 valence electrons. The van der Waals surface area contributed by atoms with E-state index in [9.17, 15) is 4.79 Å². The lowest BCUT2D eigenvalue weighted by molar-refractivity contribution is 0.469. The van der Waals surface area contributed by atoms with E-state index in [-0.39, 0.29) is 5.63 Å². The van der Waals surface area contributed by atoms with Crippen molar-refractivity contribution in [3.05, 3.63) is 63.9 Å². The standard InChI is InChI=1S/C18H19NO3/c1-12-4-6-15(7-5-12)21-11-14-8-9-19(3)16-10-13(2)22-18(20)17(14)16/h4-7,10-11H,8-9H2,1-3H3/b14-11+. The first-order valence-electron chi connectivity index (χ1n) is 7.33. The first-order chi connectivity index (χ1) is 10.5. The molecule has 4 heteroatoms. The summed E-state index contributed by atoms with van der Waals surface area (Å²) in [4.78, 5) is 14.3. The van der Waals surface area contributed by atoms with E-state index in [1.165, 1.54) is 5.56 Å². The van der Waals surface area contributed by atoms with Gasteiger partial charge < -0.3 is 14.1 Å². The minimum atomic E-state index is -0.305. The van der Waals surface area contributed by atoms with Crippen molar-refractivity contribution in [2.45, 2.75) is 20.3 Å². The second-order valence-corrected chi connectivity index (χ2v) is 5.65. The molecule has 0 amide bonds. The quantitative estimate of drug-likeness (QED) is 0.795. The first kappa shape index (κ1) is 14.4. The molecule has 1 aliphatic rings. The Morgan fingerprint density at radius 3 is 2.68 bits per heavy atom. The molecule has 0 fully saturated rings. The van der Waals surface area contributed by atoms with Crippen molar-refractivity contribution in [1.82, 2.24) is 0 Å². The number of hydrogen-bond donors (Lipinski definition) is 0. The molecule has 0 radical (unpaired) electrons. The van der Waals surface area contributed by atoms with Crippen molar-refractivity contribution in [3.8, 4) is 5.75 Å². The number of fused-ring (bicyclic) bond motifs is 1. The zero-order valence-corrected chi connectivity index (χ0v) is 13.1. The van der Waals surface area contributed by atoms with E-state index in [4.69, 9.17) is 9.15 Å². The number of ether oxygens (including phenoxy) is 1. The van der Waals surface area contributed by atoms with Crippen molar-refractivity contribution in [1.29, 1.82) is 0 Å². The van der Waals surface area contributed by atoms with Crippen LogP contribution in [0.25, 0.3) is 5.57 Å². The number of anilines is 1. The van der Waals surface area contributed by atoms with Crippen LogP contribution in [0, 0.1) is 13.8 Å². The average molecular weight is 297 g/mol. The van der Waals surface area contributed by atoms with Gasteiger partial charge in [0.25, 0.3) is 0 Å². The number of aryl methyl sites for hydroxylation is 2. The molecule has 1 aromatic heterocycles. The van der Waals surface area contributed by atoms with Crippen molar-refractivity contribution in [3.63, 3.8) is 0 Å². The van der Waals surface area contributed by atoms with Crippen LogP contribution in [0.15, 0.2) is 45.8 Å². The second kappa shape index (κ2) is 5.72. The monoisotopic (exact) mass is 297 g/mol. The van der Waals surface area contributed by atoms with Crippen molar-refractivity contribution >= 4 is 11.3 Å². The van der Waals surface area contributed by atoms with Crippen LogP contribution < -0.4 is 15.3 Å². The third-order valence-electron chi connectivity index (χ3n) is 3.86. The largest absolute Gasteiger partial charge is 0.465 e. The summed E-state index contributed by atoms with van der Waals surface area (Å²) in [6.07, 6.45) is 2.42. The molecule has 2 heterocycles. The Bertz CT molecular complexity index is 772. The summed E-state index contributed by atoms with van der Waals surface area (Å²) < 4.78 is 11.0. The number of hydrogen-bond acceptors (Lipinski definition) is 4. The molecule has 1 aliphatic heterocycles. The lowest BCUT2D eigenvalue weighted by atomic mass is 9.99. The van der Waals surface area contributed by atoms with Crippen LogP contribution in [0.5, 0.6) is 5.75 Å². The van der Waals surface area contributed by atoms with E-state index in [1.807, 2.05) is 44.3 Å². The zero-order valence-electron chi connectivity index (χ0n) is 13.1. The van der Waals surface area contributed by atoms with E-state index in [2.05, 4.69) is 4.90 Å². The van der Waals surface area contributed by atoms with Crippen molar-refractivity contribution in [2.24, 2.45) is 0 Å². The topological polar surface area (TPSA) is 42.7 Å². The van der Waals surface area contributed by atoms with Gasteiger partial charge in [0.15, 0.2) is 0 Å². The van der Waals surface area contributed by atoms with Gasteiger partial charge in [0.05, 0.1) is 17.5 Å². The number of rotatable bonds is 2. The highest BCUT2D eigenvalue weighted by atomic mass is 16.5. The van der Waals surface area contributed by atoms with Crippen LogP contribution in [0.4, 0.5) is 5.69 Å². The Labute approximate surface area is 129 Å². The van der Waals surface area contributed by atoms with E-state index in [0.29, 0.717) is 11.3 Å². The van der Waals surface area contributed by atoms with E-state index >= 15 is 0 Å². The Morgan fingerprint density at radius 1 is 1.23 bits per heavy atom. The van der Waals surface area contributed by atoms with Gasteiger partial charge in [-0.1, -0.05) is 17.7 Å². The Morgan fingerprint density at radius 2 is 1.95 bits per heavy atom. The van der Waals surface area contributed by atoms with Gasteiger partial charge in [-0.25, -0.2) is 4.79 Å². The molecular weight excluding hydrogens is 278 g/mol. The summed E-state index contributed by atoms with van der Waals surface area (Å²) in [7, 11) is 1.98. The predicted octanol–water partition coefficient (Wildman–Crippen LogP) is 3.52. The lowest BCUT2D eigenvalue weighted by Crippen LogP contribution is -2.28. The summed E-state index contributed by atoms with van der Waals surface area (Å²) in [6, 6.07) is 9.72. The van der Waals surface area contributed by atoms with Gasteiger partial charge in [-0.15, -0.1) is 0 Å². The maximum absolute atomic E-state index is 12.2. The Balaban J connectivity index is 1.96. The van der Waals surface area contributed by atoms with Crippen LogP contribution >= 0.6 is 0 Å². The molecule has 0 N–H and O–H groups in total. The molecule has 0 spiro atoms. The maximum Gasteiger partial charge on any atom is 0.345 e. The van der Waals surface area contributed by atoms with Gasteiger partial charge in [0, 0.05) is 25.2 Å². The smallest absolute Gasteiger partial charge is 0.345 e. The van der Waals surface area contributed by atoms with Gasteiger partial charge in [0.2, 0.25) is 0 Å². The first-order valence-corrected chi connectivity index (χ1v) is 7.33. The van der Waals surface area contributed by atoms with Gasteiger partial charge in [-0.2, -0.15) is 0 Å². The second-order valence-electron chi connectivity index (χ2n) is 5.65. The van der Waals surface area contributed by atoms with Crippen LogP contribution in [0.2, 0.25) is 0 Å². The molecule has 0 unspecified atom stereocenters. The van der Waals surface area contributed by atoms with Crippen molar-refractivity contribution in [2.75, 3.05) is 18.5 Å². The molecule has 2 aromatic rings. The molecule has 0 atom stereocenters. The highest BCUT2D eigenvalue weighted by Crippen LogP contribution is 2.32. The minimum Gasteiger partial charge on any atom is -0.465 e. The van der Waals surface area contributed by atoms with Crippen LogP contribution in [-0.2, 0) is 0 Å². The fourth-order valence-corrected chi connectivity index (χ4v) is 2.60. The van der Waals surface area contributed by atoms with Gasteiger partial charge in [-0.3, -0.25) is 0 Å². The zero-order chi connectivity index (χ0) is 15.7. The molecule has 0 aliphatic carbocycles. The molecule has 1 aromatic carbocycles. The highest BCUT2D eigenvalue weighted by Gasteiger charge is 2.23. The lowest BCUT2D eigenvalue weighted by Gasteiger charge is -2.28. The van der Waals surface area contributed by atoms with Gasteiger partial charge in [0.1, 0.15) is 11.5 Å². The van der Waals surface area contributed by atoms with Crippen LogP contribution in [0.1, 0.15) is 23.3 Å². The number of nitrogens with zero attached hydrogens (tertiary/aromatic N) is 1. The molecular formula is C18H19NO3. The SMILES string of the molecule is Cc1ccc(O/C=C2\CCN(C)c3cc(C)oc(=O)c32)cc1. The summed E-state index contributed by atoms with van der Waals surface area (Å²) in [5.41, 5.74) is 3.26. The minimum absolute atomic E-state index is 0.305. The highest BCUT2D eigenvalue weighted by molar-refractivity contribution is 5.78. The fraction of sp³-hybridized carbons (Fsp3) is 0.278. The molecule has 0 bridgehead atoms.